The summed E-state index contributed by atoms with van der Waals surface area (Å²) >= 11 is 0. The molecule has 3 aliphatic rings. The first-order chi connectivity index (χ1) is 11.6. The van der Waals surface area contributed by atoms with Crippen molar-refractivity contribution in [2.24, 2.45) is 16.3 Å². The van der Waals surface area contributed by atoms with Crippen molar-refractivity contribution in [3.05, 3.63) is 17.5 Å². The molecule has 0 spiro atoms. The van der Waals surface area contributed by atoms with Crippen molar-refractivity contribution >= 4 is 29.9 Å². The summed E-state index contributed by atoms with van der Waals surface area (Å²) in [5.74, 6) is 1.96. The van der Waals surface area contributed by atoms with E-state index in [9.17, 15) is 0 Å². The van der Waals surface area contributed by atoms with E-state index in [-0.39, 0.29) is 24.0 Å². The molecule has 2 fully saturated rings. The molecule has 25 heavy (non-hydrogen) atoms. The molecule has 2 saturated carbocycles. The van der Waals surface area contributed by atoms with Crippen LogP contribution in [0.15, 0.2) is 11.2 Å². The number of fused-ring (bicyclic) bond motifs is 1. The van der Waals surface area contributed by atoms with Crippen LogP contribution < -0.4 is 10.6 Å². The minimum atomic E-state index is 0. The molecule has 5 nitrogen and oxygen atoms in total. The maximum Gasteiger partial charge on any atom is 0.191 e. The van der Waals surface area contributed by atoms with Crippen LogP contribution in [0, 0.1) is 11.3 Å². The Balaban J connectivity index is 0.00000182. The number of rotatable bonds is 5. The topological polar surface area (TPSA) is 54.2 Å². The van der Waals surface area contributed by atoms with Gasteiger partial charge in [0.1, 0.15) is 0 Å². The van der Waals surface area contributed by atoms with E-state index in [2.05, 4.69) is 40.4 Å². The first kappa shape index (κ1) is 19.0. The molecule has 0 bridgehead atoms. The van der Waals surface area contributed by atoms with Gasteiger partial charge in [0.15, 0.2) is 5.96 Å². The van der Waals surface area contributed by atoms with Gasteiger partial charge in [-0.15, -0.1) is 24.0 Å². The van der Waals surface area contributed by atoms with Gasteiger partial charge < -0.3 is 10.6 Å². The largest absolute Gasteiger partial charge is 0.356 e. The van der Waals surface area contributed by atoms with Gasteiger partial charge in [0.05, 0.1) is 5.69 Å². The van der Waals surface area contributed by atoms with E-state index in [1.54, 1.807) is 0 Å². The summed E-state index contributed by atoms with van der Waals surface area (Å²) in [7, 11) is 1.88. The predicted molar refractivity (Wildman–Crippen MR) is 113 cm³/mol. The Labute approximate surface area is 168 Å². The SMILES string of the molecule is CN=C(NCC1(C2CC2)CC1)NC1CCc2cn(C(C)C)nc2C1.I. The number of guanidine groups is 1. The summed E-state index contributed by atoms with van der Waals surface area (Å²) in [6, 6.07) is 0.879. The molecule has 1 aromatic rings. The van der Waals surface area contributed by atoms with Crippen molar-refractivity contribution in [2.75, 3.05) is 13.6 Å². The van der Waals surface area contributed by atoms with Crippen LogP contribution in [0.2, 0.25) is 0 Å². The van der Waals surface area contributed by atoms with Crippen molar-refractivity contribution in [1.29, 1.82) is 0 Å². The van der Waals surface area contributed by atoms with Crippen LogP contribution >= 0.6 is 24.0 Å². The fourth-order valence-corrected chi connectivity index (χ4v) is 4.13. The third-order valence-electron chi connectivity index (χ3n) is 6.13. The molecule has 0 saturated heterocycles. The molecular formula is C19H32IN5. The highest BCUT2D eigenvalue weighted by Crippen LogP contribution is 2.60. The Morgan fingerprint density at radius 1 is 1.36 bits per heavy atom. The number of aryl methyl sites for hydroxylation is 1. The highest BCUT2D eigenvalue weighted by molar-refractivity contribution is 14.0. The van der Waals surface area contributed by atoms with E-state index in [0.29, 0.717) is 17.5 Å². The minimum absolute atomic E-state index is 0. The van der Waals surface area contributed by atoms with Gasteiger partial charge in [-0.25, -0.2) is 0 Å². The summed E-state index contributed by atoms with van der Waals surface area (Å²) < 4.78 is 2.10. The fraction of sp³-hybridized carbons (Fsp3) is 0.789. The predicted octanol–water partition coefficient (Wildman–Crippen LogP) is 3.29. The number of aliphatic imine (C=N–C) groups is 1. The molecule has 2 N–H and O–H groups in total. The van der Waals surface area contributed by atoms with E-state index in [4.69, 9.17) is 5.10 Å². The number of nitrogens with one attached hydrogen (secondary N) is 2. The average Bonchev–Trinajstić information content (AvgIpc) is 3.47. The van der Waals surface area contributed by atoms with Crippen LogP contribution in [0.1, 0.15) is 63.3 Å². The normalized spacial score (nSPS) is 24.5. The lowest BCUT2D eigenvalue weighted by molar-refractivity contribution is 0.427. The Hall–Kier alpha value is -0.790. The van der Waals surface area contributed by atoms with E-state index < -0.39 is 0 Å². The molecule has 1 aromatic heterocycles. The van der Waals surface area contributed by atoms with Gasteiger partial charge in [0.25, 0.3) is 0 Å². The molecule has 140 valence electrons. The third-order valence-corrected chi connectivity index (χ3v) is 6.13. The molecule has 3 aliphatic carbocycles. The molecular weight excluding hydrogens is 425 g/mol. The lowest BCUT2D eigenvalue weighted by Crippen LogP contribution is -2.47. The minimum Gasteiger partial charge on any atom is -0.356 e. The van der Waals surface area contributed by atoms with Crippen molar-refractivity contribution in [2.45, 2.75) is 70.9 Å². The maximum atomic E-state index is 4.78. The standard InChI is InChI=1S/C19H31N5.HI/c1-13(2)24-11-14-4-7-16(10-17(14)23-24)22-18(20-3)21-12-19(8-9-19)15-5-6-15;/h11,13,15-16H,4-10,12H2,1-3H3,(H2,20,21,22);1H. The Kier molecular flexibility index (Phi) is 5.66. The number of halogens is 1. The average molecular weight is 457 g/mol. The van der Waals surface area contributed by atoms with Gasteiger partial charge in [-0.2, -0.15) is 5.10 Å². The summed E-state index contributed by atoms with van der Waals surface area (Å²) in [5, 5.41) is 12.0. The first-order valence-electron chi connectivity index (χ1n) is 9.64. The van der Waals surface area contributed by atoms with Gasteiger partial charge in [-0.3, -0.25) is 9.67 Å². The second-order valence-electron chi connectivity index (χ2n) is 8.32. The maximum absolute atomic E-state index is 4.78. The molecule has 4 rings (SSSR count). The summed E-state index contributed by atoms with van der Waals surface area (Å²) in [6.45, 7) is 5.47. The van der Waals surface area contributed by atoms with E-state index in [1.807, 2.05) is 7.05 Å². The highest BCUT2D eigenvalue weighted by atomic mass is 127. The number of hydrogen-bond donors (Lipinski definition) is 2. The number of aromatic nitrogens is 2. The van der Waals surface area contributed by atoms with Crippen molar-refractivity contribution in [1.82, 2.24) is 20.4 Å². The Bertz CT molecular complexity index is 628. The second kappa shape index (κ2) is 7.45. The van der Waals surface area contributed by atoms with Crippen LogP contribution in [-0.2, 0) is 12.8 Å². The molecule has 1 unspecified atom stereocenters. The van der Waals surface area contributed by atoms with Crippen LogP contribution in [0.3, 0.4) is 0 Å². The Morgan fingerprint density at radius 2 is 2.12 bits per heavy atom. The molecule has 0 radical (unpaired) electrons. The van der Waals surface area contributed by atoms with E-state index >= 15 is 0 Å². The lowest BCUT2D eigenvalue weighted by Gasteiger charge is -2.25. The summed E-state index contributed by atoms with van der Waals surface area (Å²) in [6.07, 6.45) is 11.2. The zero-order valence-corrected chi connectivity index (χ0v) is 18.0. The van der Waals surface area contributed by atoms with Gasteiger partial charge in [-0.05, 0) is 69.3 Å². The second-order valence-corrected chi connectivity index (χ2v) is 8.32. The molecule has 6 heteroatoms. The highest BCUT2D eigenvalue weighted by Gasteiger charge is 2.53. The van der Waals surface area contributed by atoms with Gasteiger partial charge in [-0.1, -0.05) is 0 Å². The van der Waals surface area contributed by atoms with Gasteiger partial charge >= 0.3 is 0 Å². The van der Waals surface area contributed by atoms with Crippen LogP contribution in [0.4, 0.5) is 0 Å². The quantitative estimate of drug-likeness (QED) is 0.406. The molecule has 1 atom stereocenters. The van der Waals surface area contributed by atoms with Crippen molar-refractivity contribution < 1.29 is 0 Å². The summed E-state index contributed by atoms with van der Waals surface area (Å²) in [5.41, 5.74) is 3.29. The summed E-state index contributed by atoms with van der Waals surface area (Å²) in [4.78, 5) is 4.45. The van der Waals surface area contributed by atoms with E-state index in [0.717, 1.165) is 37.7 Å². The monoisotopic (exact) mass is 457 g/mol. The molecule has 0 aromatic carbocycles. The number of nitrogens with zero attached hydrogens (tertiary/aromatic N) is 3. The van der Waals surface area contributed by atoms with E-state index in [1.165, 1.54) is 36.9 Å². The zero-order chi connectivity index (χ0) is 16.7. The van der Waals surface area contributed by atoms with Gasteiger partial charge in [0.2, 0.25) is 0 Å². The van der Waals surface area contributed by atoms with Crippen molar-refractivity contribution in [3.8, 4) is 0 Å². The van der Waals surface area contributed by atoms with Gasteiger partial charge in [0, 0.05) is 38.3 Å². The van der Waals surface area contributed by atoms with Crippen molar-refractivity contribution in [3.63, 3.8) is 0 Å². The smallest absolute Gasteiger partial charge is 0.191 e. The van der Waals surface area contributed by atoms with Crippen LogP contribution in [0.5, 0.6) is 0 Å². The fourth-order valence-electron chi connectivity index (χ4n) is 4.13. The molecule has 0 aliphatic heterocycles. The first-order valence-corrected chi connectivity index (χ1v) is 9.64. The third kappa shape index (κ3) is 4.14. The van der Waals surface area contributed by atoms with Crippen LogP contribution in [0.25, 0.3) is 0 Å². The molecule has 0 amide bonds. The Morgan fingerprint density at radius 3 is 2.72 bits per heavy atom. The van der Waals surface area contributed by atoms with Crippen LogP contribution in [-0.4, -0.2) is 35.4 Å². The number of hydrogen-bond acceptors (Lipinski definition) is 2. The zero-order valence-electron chi connectivity index (χ0n) is 15.7. The lowest BCUT2D eigenvalue weighted by atomic mass is 9.94. The molecule has 1 heterocycles.